The number of benzene rings is 2. The number of nitrogens with one attached hydrogen (secondary N) is 1. The van der Waals surface area contributed by atoms with Crippen molar-refractivity contribution in [3.8, 4) is 5.75 Å². The maximum Gasteiger partial charge on any atom is 0.261 e. The molecule has 0 aromatic heterocycles. The van der Waals surface area contributed by atoms with E-state index in [1.807, 2.05) is 6.92 Å². The van der Waals surface area contributed by atoms with Crippen molar-refractivity contribution in [2.45, 2.75) is 26.4 Å². The van der Waals surface area contributed by atoms with E-state index < -0.39 is 6.04 Å². The van der Waals surface area contributed by atoms with Crippen LogP contribution in [0, 0.1) is 0 Å². The van der Waals surface area contributed by atoms with Crippen molar-refractivity contribution in [1.29, 1.82) is 0 Å². The summed E-state index contributed by atoms with van der Waals surface area (Å²) in [5, 5.41) is 4.15. The lowest BCUT2D eigenvalue weighted by atomic mass is 10.1. The monoisotopic (exact) mass is 442 g/mol. The van der Waals surface area contributed by atoms with E-state index in [0.717, 1.165) is 0 Å². The van der Waals surface area contributed by atoms with Crippen LogP contribution in [0.2, 0.25) is 15.1 Å². The number of nitrogens with zero attached hydrogens (tertiary/aromatic N) is 1. The van der Waals surface area contributed by atoms with E-state index in [1.165, 1.54) is 4.90 Å². The van der Waals surface area contributed by atoms with E-state index in [2.05, 4.69) is 5.32 Å². The largest absolute Gasteiger partial charge is 0.484 e. The van der Waals surface area contributed by atoms with Crippen LogP contribution in [0.5, 0.6) is 5.75 Å². The van der Waals surface area contributed by atoms with Crippen LogP contribution in [0.4, 0.5) is 0 Å². The lowest BCUT2D eigenvalue weighted by Crippen LogP contribution is -2.49. The fourth-order valence-electron chi connectivity index (χ4n) is 2.52. The summed E-state index contributed by atoms with van der Waals surface area (Å²) in [7, 11) is 0. The zero-order chi connectivity index (χ0) is 20.7. The van der Waals surface area contributed by atoms with E-state index in [9.17, 15) is 9.59 Å². The minimum atomic E-state index is -0.706. The van der Waals surface area contributed by atoms with Crippen LogP contribution < -0.4 is 10.1 Å². The van der Waals surface area contributed by atoms with Gasteiger partial charge in [-0.3, -0.25) is 9.59 Å². The van der Waals surface area contributed by atoms with Crippen LogP contribution in [0.1, 0.15) is 19.4 Å². The summed E-state index contributed by atoms with van der Waals surface area (Å²) in [6, 6.07) is 11.1. The second-order valence-electron chi connectivity index (χ2n) is 6.07. The average Bonchev–Trinajstić information content (AvgIpc) is 2.65. The molecule has 2 amide bonds. The third-order valence-electron chi connectivity index (χ3n) is 4.03. The van der Waals surface area contributed by atoms with Crippen LogP contribution in [-0.4, -0.2) is 35.9 Å². The van der Waals surface area contributed by atoms with E-state index in [4.69, 9.17) is 39.5 Å². The summed E-state index contributed by atoms with van der Waals surface area (Å²) < 4.78 is 5.55. The summed E-state index contributed by atoms with van der Waals surface area (Å²) in [5.41, 5.74) is 0.679. The van der Waals surface area contributed by atoms with E-state index in [1.54, 1.807) is 49.4 Å². The summed E-state index contributed by atoms with van der Waals surface area (Å²) in [5.74, 6) is -0.149. The molecule has 0 fully saturated rings. The lowest BCUT2D eigenvalue weighted by Gasteiger charge is -2.29. The number of amides is 2. The predicted molar refractivity (Wildman–Crippen MR) is 112 cm³/mol. The molecule has 0 radical (unpaired) electrons. The molecule has 0 aliphatic heterocycles. The molecule has 2 rings (SSSR count). The highest BCUT2D eigenvalue weighted by Gasteiger charge is 2.26. The highest BCUT2D eigenvalue weighted by atomic mass is 35.5. The van der Waals surface area contributed by atoms with Crippen molar-refractivity contribution in [3.63, 3.8) is 0 Å². The van der Waals surface area contributed by atoms with Crippen molar-refractivity contribution >= 4 is 46.6 Å². The minimum Gasteiger partial charge on any atom is -0.484 e. The molecule has 2 aromatic rings. The van der Waals surface area contributed by atoms with E-state index in [0.29, 0.717) is 32.9 Å². The summed E-state index contributed by atoms with van der Waals surface area (Å²) in [4.78, 5) is 26.6. The summed E-state index contributed by atoms with van der Waals surface area (Å²) in [6.45, 7) is 3.84. The number of ether oxygens (including phenoxy) is 1. The van der Waals surface area contributed by atoms with Gasteiger partial charge in [-0.05, 0) is 49.7 Å². The molecule has 1 atom stereocenters. The van der Waals surface area contributed by atoms with Crippen molar-refractivity contribution in [2.24, 2.45) is 0 Å². The Morgan fingerprint density at radius 3 is 2.46 bits per heavy atom. The normalized spacial score (nSPS) is 11.6. The van der Waals surface area contributed by atoms with Crippen molar-refractivity contribution in [1.82, 2.24) is 10.2 Å². The second kappa shape index (κ2) is 10.6. The summed E-state index contributed by atoms with van der Waals surface area (Å²) in [6.07, 6.45) is 0. The molecule has 0 saturated carbocycles. The van der Waals surface area contributed by atoms with Gasteiger partial charge >= 0.3 is 0 Å². The van der Waals surface area contributed by atoms with Crippen LogP contribution in [0.3, 0.4) is 0 Å². The number of carbonyl (C=O) groups is 2. The van der Waals surface area contributed by atoms with Gasteiger partial charge in [0.1, 0.15) is 11.8 Å². The minimum absolute atomic E-state index is 0.145. The van der Waals surface area contributed by atoms with Crippen LogP contribution in [-0.2, 0) is 16.1 Å². The van der Waals surface area contributed by atoms with Crippen LogP contribution >= 0.6 is 34.8 Å². The van der Waals surface area contributed by atoms with Gasteiger partial charge in [-0.25, -0.2) is 0 Å². The SMILES string of the molecule is CCNC(=O)C(C)N(Cc1ccc(Cl)cc1Cl)C(=O)COc1cccc(Cl)c1. The Bertz CT molecular complexity index is 845. The Balaban J connectivity index is 2.18. The van der Waals surface area contributed by atoms with Crippen molar-refractivity contribution < 1.29 is 14.3 Å². The fourth-order valence-corrected chi connectivity index (χ4v) is 3.17. The second-order valence-corrected chi connectivity index (χ2v) is 7.35. The van der Waals surface area contributed by atoms with Gasteiger partial charge in [-0.2, -0.15) is 0 Å². The predicted octanol–water partition coefficient (Wildman–Crippen LogP) is 4.58. The quantitative estimate of drug-likeness (QED) is 0.650. The molecule has 0 aliphatic rings. The Labute approximate surface area is 179 Å². The van der Waals surface area contributed by atoms with E-state index >= 15 is 0 Å². The van der Waals surface area contributed by atoms with Gasteiger partial charge in [0.05, 0.1) is 0 Å². The zero-order valence-corrected chi connectivity index (χ0v) is 17.8. The number of carbonyl (C=O) groups excluding carboxylic acids is 2. The van der Waals surface area contributed by atoms with Crippen LogP contribution in [0.15, 0.2) is 42.5 Å². The molecule has 1 N–H and O–H groups in total. The van der Waals surface area contributed by atoms with Gasteiger partial charge in [0.2, 0.25) is 5.91 Å². The Morgan fingerprint density at radius 1 is 1.11 bits per heavy atom. The first-order valence-electron chi connectivity index (χ1n) is 8.71. The Kier molecular flexibility index (Phi) is 8.42. The van der Waals surface area contributed by atoms with Crippen molar-refractivity contribution in [2.75, 3.05) is 13.2 Å². The van der Waals surface area contributed by atoms with Gasteiger partial charge in [-0.15, -0.1) is 0 Å². The first kappa shape index (κ1) is 22.3. The number of likely N-dealkylation sites (N-methyl/N-ethyl adjacent to an activating group) is 1. The Hall–Kier alpha value is -1.95. The average molecular weight is 444 g/mol. The number of halogens is 3. The standard InChI is InChI=1S/C20H21Cl3N2O3/c1-3-24-20(27)13(2)25(11-14-7-8-16(22)10-18(14)23)19(26)12-28-17-6-4-5-15(21)9-17/h4-10,13H,3,11-12H2,1-2H3,(H,24,27). The van der Waals surface area contributed by atoms with Gasteiger partial charge in [0.25, 0.3) is 5.91 Å². The molecular weight excluding hydrogens is 423 g/mol. The smallest absolute Gasteiger partial charge is 0.261 e. The molecule has 28 heavy (non-hydrogen) atoms. The number of hydrogen-bond donors (Lipinski definition) is 1. The first-order valence-corrected chi connectivity index (χ1v) is 9.84. The van der Waals surface area contributed by atoms with Gasteiger partial charge in [0, 0.05) is 28.2 Å². The molecule has 1 unspecified atom stereocenters. The molecule has 0 spiro atoms. The molecule has 8 heteroatoms. The molecule has 2 aromatic carbocycles. The molecule has 0 saturated heterocycles. The molecule has 0 aliphatic carbocycles. The number of hydrogen-bond acceptors (Lipinski definition) is 3. The van der Waals surface area contributed by atoms with Crippen LogP contribution in [0.25, 0.3) is 0 Å². The molecule has 150 valence electrons. The molecular formula is C20H21Cl3N2O3. The summed E-state index contributed by atoms with van der Waals surface area (Å²) >= 11 is 18.1. The maximum absolute atomic E-state index is 12.9. The van der Waals surface area contributed by atoms with Gasteiger partial charge in [0.15, 0.2) is 6.61 Å². The number of rotatable bonds is 8. The zero-order valence-electron chi connectivity index (χ0n) is 15.5. The lowest BCUT2D eigenvalue weighted by molar-refractivity contribution is -0.142. The topological polar surface area (TPSA) is 58.6 Å². The Morgan fingerprint density at radius 2 is 1.82 bits per heavy atom. The fraction of sp³-hybridized carbons (Fsp3) is 0.300. The highest BCUT2D eigenvalue weighted by molar-refractivity contribution is 6.35. The molecule has 5 nitrogen and oxygen atoms in total. The van der Waals surface area contributed by atoms with Crippen molar-refractivity contribution in [3.05, 3.63) is 63.1 Å². The first-order chi connectivity index (χ1) is 13.3. The van der Waals surface area contributed by atoms with Gasteiger partial charge < -0.3 is 15.0 Å². The molecule has 0 bridgehead atoms. The van der Waals surface area contributed by atoms with Gasteiger partial charge in [-0.1, -0.05) is 46.9 Å². The van der Waals surface area contributed by atoms with E-state index in [-0.39, 0.29) is 25.0 Å². The maximum atomic E-state index is 12.9. The third-order valence-corrected chi connectivity index (χ3v) is 4.85. The molecule has 0 heterocycles. The highest BCUT2D eigenvalue weighted by Crippen LogP contribution is 2.23. The third kappa shape index (κ3) is 6.30.